The van der Waals surface area contributed by atoms with Crippen LogP contribution in [0.1, 0.15) is 42.9 Å². The molecule has 1 N–H and O–H groups in total. The lowest BCUT2D eigenvalue weighted by atomic mass is 9.66. The quantitative estimate of drug-likeness (QED) is 0.572. The van der Waals surface area contributed by atoms with Crippen molar-refractivity contribution >= 4 is 22.4 Å². The number of fused-ring (bicyclic) bond motifs is 1. The van der Waals surface area contributed by atoms with Crippen LogP contribution in [-0.2, 0) is 5.60 Å². The molecule has 0 heterocycles. The second kappa shape index (κ2) is 7.87. The van der Waals surface area contributed by atoms with E-state index in [9.17, 15) is 5.11 Å². The summed E-state index contributed by atoms with van der Waals surface area (Å²) in [5.74, 6) is 0.0808. The zero-order valence-corrected chi connectivity index (χ0v) is 17.4. The van der Waals surface area contributed by atoms with Gasteiger partial charge in [-0.3, -0.25) is 0 Å². The molecule has 146 valence electrons. The van der Waals surface area contributed by atoms with Crippen LogP contribution in [0.5, 0.6) is 0 Å². The minimum absolute atomic E-state index is 0.0606. The number of halogens is 1. The van der Waals surface area contributed by atoms with E-state index >= 15 is 0 Å². The molecule has 2 nitrogen and oxygen atoms in total. The van der Waals surface area contributed by atoms with Crippen molar-refractivity contribution in [3.05, 3.63) is 82.9 Å². The van der Waals surface area contributed by atoms with Crippen LogP contribution in [0.4, 0.5) is 0 Å². The number of rotatable bonds is 4. The minimum atomic E-state index is -0.865. The molecular formula is C25H28ClNO. The standard InChI is InChI=1S/C25H28ClNO/c1-27(2)24(21-11-5-6-13-23(21)26)22-12-7-8-16-25(22,28)20-15-14-18-9-3-4-10-19(18)17-20/h3-6,9-11,13-15,17,22,24,28H,7-8,12,16H2,1-2H3. The molecule has 0 amide bonds. The Hall–Kier alpha value is -1.87. The Morgan fingerprint density at radius 2 is 1.68 bits per heavy atom. The van der Waals surface area contributed by atoms with Crippen LogP contribution < -0.4 is 0 Å². The van der Waals surface area contributed by atoms with Gasteiger partial charge in [-0.2, -0.15) is 0 Å². The second-order valence-electron chi connectivity index (χ2n) is 8.27. The molecule has 3 aromatic carbocycles. The van der Waals surface area contributed by atoms with Gasteiger partial charge in [-0.25, -0.2) is 0 Å². The van der Waals surface area contributed by atoms with Crippen LogP contribution in [0.15, 0.2) is 66.7 Å². The van der Waals surface area contributed by atoms with E-state index in [-0.39, 0.29) is 12.0 Å². The molecule has 1 aliphatic carbocycles. The van der Waals surface area contributed by atoms with Crippen molar-refractivity contribution in [1.82, 2.24) is 4.90 Å². The number of hydrogen-bond acceptors (Lipinski definition) is 2. The van der Waals surface area contributed by atoms with Crippen molar-refractivity contribution in [3.8, 4) is 0 Å². The van der Waals surface area contributed by atoms with E-state index in [1.807, 2.05) is 18.2 Å². The summed E-state index contributed by atoms with van der Waals surface area (Å²) in [4.78, 5) is 2.21. The minimum Gasteiger partial charge on any atom is -0.385 e. The predicted molar refractivity (Wildman–Crippen MR) is 118 cm³/mol. The van der Waals surface area contributed by atoms with E-state index in [4.69, 9.17) is 11.6 Å². The Morgan fingerprint density at radius 3 is 2.43 bits per heavy atom. The lowest BCUT2D eigenvalue weighted by Gasteiger charge is -2.47. The number of benzene rings is 3. The Balaban J connectivity index is 1.82. The van der Waals surface area contributed by atoms with E-state index in [2.05, 4.69) is 67.5 Å². The first-order chi connectivity index (χ1) is 13.5. The third kappa shape index (κ3) is 3.45. The summed E-state index contributed by atoms with van der Waals surface area (Å²) in [6.07, 6.45) is 3.94. The Bertz CT molecular complexity index is 969. The smallest absolute Gasteiger partial charge is 0.0943 e. The summed E-state index contributed by atoms with van der Waals surface area (Å²) in [6, 6.07) is 22.9. The van der Waals surface area contributed by atoms with Gasteiger partial charge in [0.15, 0.2) is 0 Å². The maximum Gasteiger partial charge on any atom is 0.0943 e. The van der Waals surface area contributed by atoms with Crippen molar-refractivity contribution in [2.45, 2.75) is 37.3 Å². The van der Waals surface area contributed by atoms with Gasteiger partial charge in [0.05, 0.1) is 5.60 Å². The maximum atomic E-state index is 12.1. The van der Waals surface area contributed by atoms with Gasteiger partial charge >= 0.3 is 0 Å². The van der Waals surface area contributed by atoms with Crippen LogP contribution in [0, 0.1) is 5.92 Å². The molecule has 0 aliphatic heterocycles. The van der Waals surface area contributed by atoms with Crippen LogP contribution >= 0.6 is 11.6 Å². The summed E-state index contributed by atoms with van der Waals surface area (Å²) in [5, 5.41) is 15.2. The highest BCUT2D eigenvalue weighted by Gasteiger charge is 2.46. The van der Waals surface area contributed by atoms with Crippen molar-refractivity contribution in [2.24, 2.45) is 5.92 Å². The van der Waals surface area contributed by atoms with E-state index in [1.165, 1.54) is 10.8 Å². The van der Waals surface area contributed by atoms with Gasteiger partial charge in [0, 0.05) is 17.0 Å². The molecule has 3 atom stereocenters. The first-order valence-corrected chi connectivity index (χ1v) is 10.5. The zero-order chi connectivity index (χ0) is 19.7. The Labute approximate surface area is 172 Å². The maximum absolute atomic E-state index is 12.1. The molecule has 28 heavy (non-hydrogen) atoms. The summed E-state index contributed by atoms with van der Waals surface area (Å²) in [7, 11) is 4.17. The topological polar surface area (TPSA) is 23.5 Å². The van der Waals surface area contributed by atoms with Gasteiger partial charge in [-0.05, 0) is 61.0 Å². The molecule has 0 radical (unpaired) electrons. The molecule has 0 bridgehead atoms. The fraction of sp³-hybridized carbons (Fsp3) is 0.360. The third-order valence-electron chi connectivity index (χ3n) is 6.35. The van der Waals surface area contributed by atoms with Gasteiger partial charge in [0.25, 0.3) is 0 Å². The van der Waals surface area contributed by atoms with E-state index in [1.54, 1.807) is 0 Å². The second-order valence-corrected chi connectivity index (χ2v) is 8.68. The molecule has 0 saturated heterocycles. The summed E-state index contributed by atoms with van der Waals surface area (Å²) < 4.78 is 0. The van der Waals surface area contributed by atoms with Gasteiger partial charge in [-0.1, -0.05) is 79.0 Å². The van der Waals surface area contributed by atoms with E-state index < -0.39 is 5.60 Å². The third-order valence-corrected chi connectivity index (χ3v) is 6.69. The summed E-state index contributed by atoms with van der Waals surface area (Å²) in [6.45, 7) is 0. The van der Waals surface area contributed by atoms with Gasteiger partial charge in [-0.15, -0.1) is 0 Å². The monoisotopic (exact) mass is 393 g/mol. The fourth-order valence-electron chi connectivity index (χ4n) is 4.99. The number of nitrogens with zero attached hydrogens (tertiary/aromatic N) is 1. The zero-order valence-electron chi connectivity index (χ0n) is 16.6. The van der Waals surface area contributed by atoms with Crippen LogP contribution in [-0.4, -0.2) is 24.1 Å². The SMILES string of the molecule is CN(C)C(c1ccccc1Cl)C1CCCCC1(O)c1ccc2ccccc2c1. The predicted octanol–water partition coefficient (Wildman–Crippen LogP) is 6.17. The Morgan fingerprint density at radius 1 is 0.964 bits per heavy atom. The number of aliphatic hydroxyl groups is 1. The summed E-state index contributed by atoms with van der Waals surface area (Å²) >= 11 is 6.59. The molecule has 0 spiro atoms. The highest BCUT2D eigenvalue weighted by molar-refractivity contribution is 6.31. The van der Waals surface area contributed by atoms with Gasteiger partial charge in [0.2, 0.25) is 0 Å². The molecule has 4 rings (SSSR count). The lowest BCUT2D eigenvalue weighted by Crippen LogP contribution is -2.45. The van der Waals surface area contributed by atoms with E-state index in [0.29, 0.717) is 0 Å². The molecule has 1 fully saturated rings. The largest absolute Gasteiger partial charge is 0.385 e. The summed E-state index contributed by atoms with van der Waals surface area (Å²) in [5.41, 5.74) is 1.26. The highest BCUT2D eigenvalue weighted by atomic mass is 35.5. The highest BCUT2D eigenvalue weighted by Crippen LogP contribution is 2.50. The molecule has 0 aromatic heterocycles. The van der Waals surface area contributed by atoms with Crippen molar-refractivity contribution in [2.75, 3.05) is 14.1 Å². The Kier molecular flexibility index (Phi) is 5.46. The molecular weight excluding hydrogens is 366 g/mol. The van der Waals surface area contributed by atoms with Crippen molar-refractivity contribution in [1.29, 1.82) is 0 Å². The lowest BCUT2D eigenvalue weighted by molar-refractivity contribution is -0.0836. The van der Waals surface area contributed by atoms with Gasteiger partial charge < -0.3 is 10.0 Å². The van der Waals surface area contributed by atoms with Gasteiger partial charge in [0.1, 0.15) is 0 Å². The molecule has 3 aromatic rings. The van der Waals surface area contributed by atoms with Crippen molar-refractivity contribution in [3.63, 3.8) is 0 Å². The van der Waals surface area contributed by atoms with Crippen LogP contribution in [0.2, 0.25) is 5.02 Å². The first-order valence-electron chi connectivity index (χ1n) is 10.1. The van der Waals surface area contributed by atoms with Crippen LogP contribution in [0.25, 0.3) is 10.8 Å². The first kappa shape index (κ1) is 19.4. The van der Waals surface area contributed by atoms with Crippen LogP contribution in [0.3, 0.4) is 0 Å². The molecule has 3 unspecified atom stereocenters. The van der Waals surface area contributed by atoms with Crippen molar-refractivity contribution < 1.29 is 5.11 Å². The average molecular weight is 394 g/mol. The molecule has 1 aliphatic rings. The fourth-order valence-corrected chi connectivity index (χ4v) is 5.24. The van der Waals surface area contributed by atoms with E-state index in [0.717, 1.165) is 41.8 Å². The molecule has 1 saturated carbocycles. The normalized spacial score (nSPS) is 23.8. The average Bonchev–Trinajstić information content (AvgIpc) is 2.70. The molecule has 3 heteroatoms. The number of hydrogen-bond donors (Lipinski definition) is 1.